The third-order valence-electron chi connectivity index (χ3n) is 4.11. The van der Waals surface area contributed by atoms with Gasteiger partial charge in [-0.15, -0.1) is 0 Å². The highest BCUT2D eigenvalue weighted by atomic mass is 16.5. The minimum absolute atomic E-state index is 0.218. The number of ether oxygens (including phenoxy) is 1. The molecular weight excluding hydrogens is 294 g/mol. The zero-order valence-corrected chi connectivity index (χ0v) is 13.2. The molecule has 1 aromatic carbocycles. The monoisotopic (exact) mass is 313 g/mol. The number of benzene rings is 1. The smallest absolute Gasteiger partial charge is 0.329 e. The Morgan fingerprint density at radius 3 is 2.74 bits per heavy atom. The maximum atomic E-state index is 13.0. The van der Waals surface area contributed by atoms with E-state index in [0.29, 0.717) is 13.0 Å². The Kier molecular flexibility index (Phi) is 4.19. The number of hydrogen-bond acceptors (Lipinski definition) is 4. The van der Waals surface area contributed by atoms with Gasteiger partial charge >= 0.3 is 5.97 Å². The number of furan rings is 1. The van der Waals surface area contributed by atoms with Gasteiger partial charge in [-0.25, -0.2) is 4.79 Å². The third-order valence-corrected chi connectivity index (χ3v) is 4.11. The number of carbonyl (C=O) groups excluding carboxylic acids is 2. The fourth-order valence-electron chi connectivity index (χ4n) is 2.99. The molecule has 5 heteroatoms. The number of para-hydroxylation sites is 1. The Balaban J connectivity index is 2.13. The Hall–Kier alpha value is -2.56. The molecular formula is C18H19NO4. The molecule has 1 aliphatic heterocycles. The summed E-state index contributed by atoms with van der Waals surface area (Å²) in [5, 5.41) is 0. The molecule has 0 radical (unpaired) electrons. The zero-order valence-electron chi connectivity index (χ0n) is 13.2. The van der Waals surface area contributed by atoms with Crippen LogP contribution in [0.3, 0.4) is 0 Å². The van der Waals surface area contributed by atoms with Gasteiger partial charge in [-0.1, -0.05) is 25.1 Å². The number of amides is 1. The van der Waals surface area contributed by atoms with Crippen molar-refractivity contribution in [1.29, 1.82) is 0 Å². The van der Waals surface area contributed by atoms with E-state index in [-0.39, 0.29) is 17.6 Å². The van der Waals surface area contributed by atoms with Crippen molar-refractivity contribution in [2.24, 2.45) is 0 Å². The van der Waals surface area contributed by atoms with Crippen LogP contribution in [0.15, 0.2) is 41.0 Å². The summed E-state index contributed by atoms with van der Waals surface area (Å²) < 4.78 is 10.3. The molecule has 1 unspecified atom stereocenters. The lowest BCUT2D eigenvalue weighted by molar-refractivity contribution is -0.139. The zero-order chi connectivity index (χ0) is 16.4. The largest absolute Gasteiger partial charge is 0.464 e. The normalized spacial score (nSPS) is 17.1. The molecule has 0 N–H and O–H groups in total. The number of rotatable bonds is 4. The molecule has 0 bridgehead atoms. The van der Waals surface area contributed by atoms with Crippen LogP contribution in [0.2, 0.25) is 0 Å². The predicted molar refractivity (Wildman–Crippen MR) is 85.4 cm³/mol. The maximum absolute atomic E-state index is 13.0. The SMILES string of the molecule is CCc1cccc(C)c1N(C(=O)c1ccco1)C1CCOC1=O. The first-order valence-corrected chi connectivity index (χ1v) is 7.75. The molecule has 2 aromatic rings. The molecule has 1 aliphatic rings. The van der Waals surface area contributed by atoms with Crippen LogP contribution in [0.25, 0.3) is 0 Å². The molecule has 0 spiro atoms. The van der Waals surface area contributed by atoms with Crippen molar-refractivity contribution in [3.63, 3.8) is 0 Å². The van der Waals surface area contributed by atoms with E-state index in [0.717, 1.165) is 23.2 Å². The lowest BCUT2D eigenvalue weighted by atomic mass is 10.0. The summed E-state index contributed by atoms with van der Waals surface area (Å²) >= 11 is 0. The van der Waals surface area contributed by atoms with Crippen molar-refractivity contribution in [3.8, 4) is 0 Å². The number of hydrogen-bond donors (Lipinski definition) is 0. The molecule has 3 rings (SSSR count). The van der Waals surface area contributed by atoms with Gasteiger partial charge in [0, 0.05) is 6.42 Å². The second-order valence-corrected chi connectivity index (χ2v) is 5.56. The lowest BCUT2D eigenvalue weighted by Crippen LogP contribution is -2.44. The second kappa shape index (κ2) is 6.28. The highest BCUT2D eigenvalue weighted by molar-refractivity contribution is 6.08. The molecule has 0 aliphatic carbocycles. The van der Waals surface area contributed by atoms with Gasteiger partial charge in [-0.2, -0.15) is 0 Å². The van der Waals surface area contributed by atoms with E-state index >= 15 is 0 Å². The molecule has 23 heavy (non-hydrogen) atoms. The number of aryl methyl sites for hydroxylation is 2. The highest BCUT2D eigenvalue weighted by Gasteiger charge is 2.38. The Morgan fingerprint density at radius 1 is 1.30 bits per heavy atom. The fourth-order valence-corrected chi connectivity index (χ4v) is 2.99. The van der Waals surface area contributed by atoms with E-state index in [1.807, 2.05) is 32.0 Å². The van der Waals surface area contributed by atoms with Gasteiger partial charge in [-0.05, 0) is 36.6 Å². The summed E-state index contributed by atoms with van der Waals surface area (Å²) in [6.45, 7) is 4.30. The third kappa shape index (κ3) is 2.74. The quantitative estimate of drug-likeness (QED) is 0.814. The van der Waals surface area contributed by atoms with Crippen molar-refractivity contribution in [2.45, 2.75) is 32.7 Å². The second-order valence-electron chi connectivity index (χ2n) is 5.56. The molecule has 1 amide bonds. The number of nitrogens with zero attached hydrogens (tertiary/aromatic N) is 1. The minimum atomic E-state index is -0.612. The van der Waals surface area contributed by atoms with Crippen molar-refractivity contribution < 1.29 is 18.7 Å². The van der Waals surface area contributed by atoms with Crippen LogP contribution in [-0.2, 0) is 16.0 Å². The van der Waals surface area contributed by atoms with Crippen molar-refractivity contribution in [1.82, 2.24) is 0 Å². The average molecular weight is 313 g/mol. The first kappa shape index (κ1) is 15.3. The van der Waals surface area contributed by atoms with Gasteiger partial charge in [0.1, 0.15) is 6.04 Å². The Bertz CT molecular complexity index is 721. The van der Waals surface area contributed by atoms with Gasteiger partial charge in [-0.3, -0.25) is 9.69 Å². The van der Waals surface area contributed by atoms with E-state index in [4.69, 9.17) is 9.15 Å². The fraction of sp³-hybridized carbons (Fsp3) is 0.333. The van der Waals surface area contributed by atoms with Crippen LogP contribution < -0.4 is 4.90 Å². The van der Waals surface area contributed by atoms with Crippen molar-refractivity contribution >= 4 is 17.6 Å². The summed E-state index contributed by atoms with van der Waals surface area (Å²) in [7, 11) is 0. The lowest BCUT2D eigenvalue weighted by Gasteiger charge is -2.29. The number of esters is 1. The molecule has 1 aromatic heterocycles. The number of anilines is 1. The van der Waals surface area contributed by atoms with Crippen LogP contribution in [0, 0.1) is 6.92 Å². The van der Waals surface area contributed by atoms with Crippen LogP contribution in [0.4, 0.5) is 5.69 Å². The van der Waals surface area contributed by atoms with Crippen LogP contribution in [0.5, 0.6) is 0 Å². The van der Waals surface area contributed by atoms with E-state index < -0.39 is 6.04 Å². The van der Waals surface area contributed by atoms with Gasteiger partial charge in [0.15, 0.2) is 5.76 Å². The topological polar surface area (TPSA) is 59.8 Å². The summed E-state index contributed by atoms with van der Waals surface area (Å²) in [6, 6.07) is 8.54. The van der Waals surface area contributed by atoms with Gasteiger partial charge in [0.05, 0.1) is 18.6 Å². The van der Waals surface area contributed by atoms with Crippen LogP contribution in [0.1, 0.15) is 35.0 Å². The Labute approximate surface area is 134 Å². The first-order chi connectivity index (χ1) is 11.1. The van der Waals surface area contributed by atoms with E-state index in [1.165, 1.54) is 6.26 Å². The molecule has 120 valence electrons. The summed E-state index contributed by atoms with van der Waals surface area (Å²) in [4.78, 5) is 26.7. The van der Waals surface area contributed by atoms with E-state index in [9.17, 15) is 9.59 Å². The summed E-state index contributed by atoms with van der Waals surface area (Å²) in [6.07, 6.45) is 2.71. The predicted octanol–water partition coefficient (Wildman–Crippen LogP) is 3.11. The number of cyclic esters (lactones) is 1. The maximum Gasteiger partial charge on any atom is 0.329 e. The van der Waals surface area contributed by atoms with Crippen molar-refractivity contribution in [3.05, 3.63) is 53.5 Å². The number of carbonyl (C=O) groups is 2. The molecule has 1 fully saturated rings. The van der Waals surface area contributed by atoms with Crippen molar-refractivity contribution in [2.75, 3.05) is 11.5 Å². The molecule has 5 nitrogen and oxygen atoms in total. The first-order valence-electron chi connectivity index (χ1n) is 7.75. The molecule has 2 heterocycles. The highest BCUT2D eigenvalue weighted by Crippen LogP contribution is 2.31. The van der Waals surface area contributed by atoms with E-state index in [1.54, 1.807) is 17.0 Å². The van der Waals surface area contributed by atoms with Gasteiger partial charge < -0.3 is 9.15 Å². The molecule has 1 saturated heterocycles. The van der Waals surface area contributed by atoms with E-state index in [2.05, 4.69) is 0 Å². The molecule has 1 atom stereocenters. The summed E-state index contributed by atoms with van der Waals surface area (Å²) in [5.41, 5.74) is 2.74. The minimum Gasteiger partial charge on any atom is -0.464 e. The molecule has 0 saturated carbocycles. The van der Waals surface area contributed by atoms with Gasteiger partial charge in [0.25, 0.3) is 5.91 Å². The summed E-state index contributed by atoms with van der Waals surface area (Å²) in [5.74, 6) is -0.465. The average Bonchev–Trinajstić information content (AvgIpc) is 3.21. The van der Waals surface area contributed by atoms with Crippen LogP contribution >= 0.6 is 0 Å². The standard InChI is InChI=1S/C18H19NO4/c1-3-13-7-4-6-12(2)16(13)19(14-9-11-23-18(14)21)17(20)15-8-5-10-22-15/h4-8,10,14H,3,9,11H2,1-2H3. The Morgan fingerprint density at radius 2 is 2.13 bits per heavy atom. The van der Waals surface area contributed by atoms with Crippen LogP contribution in [-0.4, -0.2) is 24.5 Å². The van der Waals surface area contributed by atoms with Gasteiger partial charge in [0.2, 0.25) is 0 Å².